The lowest BCUT2D eigenvalue weighted by Gasteiger charge is -2.14. The molecule has 0 aliphatic heterocycles. The van der Waals surface area contributed by atoms with Gasteiger partial charge in [-0.1, -0.05) is 56.9 Å². The minimum absolute atomic E-state index is 0.196. The molecule has 0 saturated carbocycles. The Kier molecular flexibility index (Phi) is 6.62. The van der Waals surface area contributed by atoms with Crippen LogP contribution in [0.3, 0.4) is 0 Å². The monoisotopic (exact) mass is 221 g/mol. The average molecular weight is 221 g/mol. The van der Waals surface area contributed by atoms with Gasteiger partial charge in [0.1, 0.15) is 0 Å². The van der Waals surface area contributed by atoms with Crippen molar-refractivity contribution in [3.05, 3.63) is 24.3 Å². The first kappa shape index (κ1) is 13.0. The molecule has 0 aromatic rings. The summed E-state index contributed by atoms with van der Waals surface area (Å²) in [5.41, 5.74) is 0. The van der Waals surface area contributed by atoms with Crippen LogP contribution < -0.4 is 5.32 Å². The van der Waals surface area contributed by atoms with Crippen LogP contribution in [0, 0.1) is 0 Å². The average Bonchev–Trinajstić information content (AvgIpc) is 2.30. The van der Waals surface area contributed by atoms with Crippen LogP contribution in [0.1, 0.15) is 51.9 Å². The molecule has 1 amide bonds. The maximum Gasteiger partial charge on any atom is 0.220 e. The maximum absolute atomic E-state index is 11.6. The molecule has 0 spiro atoms. The number of carbonyl (C=O) groups is 1. The number of hydrogen-bond donors (Lipinski definition) is 1. The molecule has 0 aromatic carbocycles. The van der Waals surface area contributed by atoms with Crippen LogP contribution in [-0.4, -0.2) is 11.9 Å². The van der Waals surface area contributed by atoms with Crippen molar-refractivity contribution in [2.24, 2.45) is 0 Å². The standard InChI is InChI=1S/C14H23NO/c1-2-3-4-5-9-12-14(16)15-13-10-7-6-8-11-13/h6-8,10,13H,2-5,9,11-12H2,1H3,(H,15,16). The lowest BCUT2D eigenvalue weighted by Crippen LogP contribution is -2.33. The number of amides is 1. The molecule has 0 heterocycles. The number of allylic oxidation sites excluding steroid dienone is 2. The lowest BCUT2D eigenvalue weighted by molar-refractivity contribution is -0.121. The number of unbranched alkanes of at least 4 members (excludes halogenated alkanes) is 4. The summed E-state index contributed by atoms with van der Waals surface area (Å²) in [6.07, 6.45) is 15.8. The molecule has 1 aliphatic rings. The molecule has 1 N–H and O–H groups in total. The van der Waals surface area contributed by atoms with E-state index in [0.717, 1.165) is 12.8 Å². The molecule has 0 bridgehead atoms. The summed E-state index contributed by atoms with van der Waals surface area (Å²) in [6.45, 7) is 2.20. The van der Waals surface area contributed by atoms with E-state index in [1.54, 1.807) is 0 Å². The lowest BCUT2D eigenvalue weighted by atomic mass is 10.1. The number of rotatable bonds is 7. The second-order valence-electron chi connectivity index (χ2n) is 4.39. The Hall–Kier alpha value is -1.05. The van der Waals surface area contributed by atoms with E-state index >= 15 is 0 Å². The largest absolute Gasteiger partial charge is 0.350 e. The molecule has 1 atom stereocenters. The first-order chi connectivity index (χ1) is 7.83. The number of carbonyl (C=O) groups excluding carboxylic acids is 1. The Morgan fingerprint density at radius 1 is 1.25 bits per heavy atom. The van der Waals surface area contributed by atoms with Crippen molar-refractivity contribution in [1.29, 1.82) is 0 Å². The van der Waals surface area contributed by atoms with Gasteiger partial charge in [0, 0.05) is 6.42 Å². The third-order valence-corrected chi connectivity index (χ3v) is 2.83. The molecule has 90 valence electrons. The van der Waals surface area contributed by atoms with Gasteiger partial charge in [0.25, 0.3) is 0 Å². The summed E-state index contributed by atoms with van der Waals surface area (Å²) >= 11 is 0. The second-order valence-corrected chi connectivity index (χ2v) is 4.39. The van der Waals surface area contributed by atoms with E-state index in [4.69, 9.17) is 0 Å². The molecular formula is C14H23NO. The molecule has 0 radical (unpaired) electrons. The predicted octanol–water partition coefficient (Wildman–Crippen LogP) is 3.35. The van der Waals surface area contributed by atoms with Gasteiger partial charge in [-0.3, -0.25) is 4.79 Å². The van der Waals surface area contributed by atoms with Crippen LogP contribution in [0.5, 0.6) is 0 Å². The van der Waals surface area contributed by atoms with Gasteiger partial charge in [-0.25, -0.2) is 0 Å². The van der Waals surface area contributed by atoms with E-state index in [1.165, 1.54) is 25.7 Å². The first-order valence-corrected chi connectivity index (χ1v) is 6.45. The van der Waals surface area contributed by atoms with Gasteiger partial charge in [-0.15, -0.1) is 0 Å². The van der Waals surface area contributed by atoms with Crippen molar-refractivity contribution in [1.82, 2.24) is 5.32 Å². The van der Waals surface area contributed by atoms with E-state index < -0.39 is 0 Å². The summed E-state index contributed by atoms with van der Waals surface area (Å²) in [7, 11) is 0. The topological polar surface area (TPSA) is 29.1 Å². The van der Waals surface area contributed by atoms with Gasteiger partial charge in [0.15, 0.2) is 0 Å². The van der Waals surface area contributed by atoms with E-state index in [0.29, 0.717) is 6.42 Å². The highest BCUT2D eigenvalue weighted by Crippen LogP contribution is 2.06. The smallest absolute Gasteiger partial charge is 0.220 e. The zero-order valence-electron chi connectivity index (χ0n) is 10.2. The molecule has 1 rings (SSSR count). The Bertz CT molecular complexity index is 255. The van der Waals surface area contributed by atoms with Crippen LogP contribution in [0.2, 0.25) is 0 Å². The third-order valence-electron chi connectivity index (χ3n) is 2.83. The van der Waals surface area contributed by atoms with E-state index in [9.17, 15) is 4.79 Å². The minimum Gasteiger partial charge on any atom is -0.350 e. The van der Waals surface area contributed by atoms with Gasteiger partial charge >= 0.3 is 0 Å². The SMILES string of the molecule is CCCCCCCC(=O)NC1C=CC=CC1. The van der Waals surface area contributed by atoms with E-state index in [2.05, 4.69) is 24.4 Å². The second kappa shape index (κ2) is 8.14. The molecule has 0 saturated heterocycles. The van der Waals surface area contributed by atoms with Crippen molar-refractivity contribution in [2.75, 3.05) is 0 Å². The van der Waals surface area contributed by atoms with Crippen LogP contribution >= 0.6 is 0 Å². The van der Waals surface area contributed by atoms with Crippen LogP contribution in [-0.2, 0) is 4.79 Å². The summed E-state index contributed by atoms with van der Waals surface area (Å²) in [4.78, 5) is 11.6. The first-order valence-electron chi connectivity index (χ1n) is 6.45. The maximum atomic E-state index is 11.6. The molecule has 1 aliphatic carbocycles. The molecule has 0 aromatic heterocycles. The van der Waals surface area contributed by atoms with Gasteiger partial charge in [0.05, 0.1) is 6.04 Å². The molecule has 1 unspecified atom stereocenters. The quantitative estimate of drug-likeness (QED) is 0.656. The Morgan fingerprint density at radius 3 is 2.75 bits per heavy atom. The van der Waals surface area contributed by atoms with Crippen molar-refractivity contribution in [3.63, 3.8) is 0 Å². The van der Waals surface area contributed by atoms with E-state index in [1.807, 2.05) is 12.2 Å². The van der Waals surface area contributed by atoms with Crippen molar-refractivity contribution in [2.45, 2.75) is 57.9 Å². The summed E-state index contributed by atoms with van der Waals surface area (Å²) in [5, 5.41) is 3.03. The molecule has 2 nitrogen and oxygen atoms in total. The highest BCUT2D eigenvalue weighted by Gasteiger charge is 2.08. The van der Waals surface area contributed by atoms with Crippen LogP contribution in [0.25, 0.3) is 0 Å². The highest BCUT2D eigenvalue weighted by molar-refractivity contribution is 5.76. The summed E-state index contributed by atoms with van der Waals surface area (Å²) < 4.78 is 0. The molecular weight excluding hydrogens is 198 g/mol. The van der Waals surface area contributed by atoms with Crippen molar-refractivity contribution < 1.29 is 4.79 Å². The molecule has 16 heavy (non-hydrogen) atoms. The number of nitrogens with one attached hydrogen (secondary N) is 1. The molecule has 2 heteroatoms. The zero-order chi connectivity index (χ0) is 11.6. The Morgan fingerprint density at radius 2 is 2.06 bits per heavy atom. The van der Waals surface area contributed by atoms with Gasteiger partial charge in [0.2, 0.25) is 5.91 Å². The van der Waals surface area contributed by atoms with Crippen molar-refractivity contribution in [3.8, 4) is 0 Å². The fraction of sp³-hybridized carbons (Fsp3) is 0.643. The summed E-state index contributed by atoms with van der Waals surface area (Å²) in [6, 6.07) is 0.216. The Labute approximate surface area is 98.8 Å². The predicted molar refractivity (Wildman–Crippen MR) is 68.2 cm³/mol. The zero-order valence-corrected chi connectivity index (χ0v) is 10.2. The van der Waals surface area contributed by atoms with Crippen LogP contribution in [0.15, 0.2) is 24.3 Å². The molecule has 0 fully saturated rings. The summed E-state index contributed by atoms with van der Waals surface area (Å²) in [5.74, 6) is 0.196. The van der Waals surface area contributed by atoms with E-state index in [-0.39, 0.29) is 11.9 Å². The van der Waals surface area contributed by atoms with Gasteiger partial charge in [-0.05, 0) is 12.8 Å². The van der Waals surface area contributed by atoms with Gasteiger partial charge < -0.3 is 5.32 Å². The Balaban J connectivity index is 2.02. The fourth-order valence-electron chi connectivity index (χ4n) is 1.86. The van der Waals surface area contributed by atoms with Crippen LogP contribution in [0.4, 0.5) is 0 Å². The highest BCUT2D eigenvalue weighted by atomic mass is 16.1. The van der Waals surface area contributed by atoms with Crippen molar-refractivity contribution >= 4 is 5.91 Å². The minimum atomic E-state index is 0.196. The normalized spacial score (nSPS) is 18.7. The fourth-order valence-corrected chi connectivity index (χ4v) is 1.86. The number of hydrogen-bond acceptors (Lipinski definition) is 1. The third kappa shape index (κ3) is 5.74. The van der Waals surface area contributed by atoms with Gasteiger partial charge in [-0.2, -0.15) is 0 Å².